The maximum atomic E-state index is 13.8. The van der Waals surface area contributed by atoms with Crippen molar-refractivity contribution in [1.82, 2.24) is 15.3 Å². The van der Waals surface area contributed by atoms with Gasteiger partial charge in [0.2, 0.25) is 5.82 Å². The van der Waals surface area contributed by atoms with Crippen LogP contribution in [0.25, 0.3) is 23.0 Å². The van der Waals surface area contributed by atoms with E-state index in [9.17, 15) is 4.39 Å². The molecule has 0 N–H and O–H groups in total. The summed E-state index contributed by atoms with van der Waals surface area (Å²) in [5.41, 5.74) is 0.618. The Balaban J connectivity index is 1.99. The first-order valence-electron chi connectivity index (χ1n) is 5.36. The Morgan fingerprint density at radius 3 is 2.79 bits per heavy atom. The Kier molecular flexibility index (Phi) is 2.71. The Bertz CT molecular complexity index is 694. The molecule has 6 nitrogen and oxygen atoms in total. The van der Waals surface area contributed by atoms with Gasteiger partial charge in [0.05, 0.1) is 12.7 Å². The lowest BCUT2D eigenvalue weighted by atomic mass is 10.2. The van der Waals surface area contributed by atoms with Crippen molar-refractivity contribution in [1.29, 1.82) is 0 Å². The molecule has 96 valence electrons. The molecular formula is C12H8FN3O3. The molecule has 0 aliphatic rings. The van der Waals surface area contributed by atoms with Crippen LogP contribution in [0.3, 0.4) is 0 Å². The van der Waals surface area contributed by atoms with Crippen LogP contribution in [-0.4, -0.2) is 22.4 Å². The molecule has 0 spiro atoms. The van der Waals surface area contributed by atoms with Gasteiger partial charge in [-0.25, -0.2) is 4.39 Å². The number of aromatic nitrogens is 3. The van der Waals surface area contributed by atoms with Gasteiger partial charge in [0.1, 0.15) is 17.8 Å². The Morgan fingerprint density at radius 1 is 1.21 bits per heavy atom. The predicted octanol–water partition coefficient (Wildman–Crippen LogP) is 2.54. The molecular weight excluding hydrogens is 253 g/mol. The quantitative estimate of drug-likeness (QED) is 0.721. The fourth-order valence-electron chi connectivity index (χ4n) is 1.56. The van der Waals surface area contributed by atoms with E-state index in [-0.39, 0.29) is 17.3 Å². The summed E-state index contributed by atoms with van der Waals surface area (Å²) in [6.45, 7) is 0. The lowest BCUT2D eigenvalue weighted by Crippen LogP contribution is -1.88. The molecule has 0 bridgehead atoms. The van der Waals surface area contributed by atoms with E-state index < -0.39 is 5.82 Å². The van der Waals surface area contributed by atoms with Gasteiger partial charge in [0.25, 0.3) is 5.89 Å². The summed E-state index contributed by atoms with van der Waals surface area (Å²) in [6, 6.07) is 5.95. The number of halogens is 1. The summed E-state index contributed by atoms with van der Waals surface area (Å²) in [4.78, 5) is 4.06. The summed E-state index contributed by atoms with van der Waals surface area (Å²) in [6.07, 6.45) is 1.39. The lowest BCUT2D eigenvalue weighted by molar-refractivity contribution is 0.409. The first-order valence-corrected chi connectivity index (χ1v) is 5.36. The third-order valence-corrected chi connectivity index (χ3v) is 2.50. The van der Waals surface area contributed by atoms with E-state index in [0.717, 1.165) is 0 Å². The van der Waals surface area contributed by atoms with Gasteiger partial charge in [0, 0.05) is 12.1 Å². The average molecular weight is 261 g/mol. The number of benzene rings is 1. The lowest BCUT2D eigenvalue weighted by Gasteiger charge is -2.01. The van der Waals surface area contributed by atoms with Crippen LogP contribution in [0.2, 0.25) is 0 Å². The van der Waals surface area contributed by atoms with Gasteiger partial charge in [-0.3, -0.25) is 0 Å². The number of methoxy groups -OCH3 is 1. The number of rotatable bonds is 3. The molecule has 7 heteroatoms. The van der Waals surface area contributed by atoms with Crippen LogP contribution in [0, 0.1) is 5.82 Å². The van der Waals surface area contributed by atoms with Gasteiger partial charge < -0.3 is 13.8 Å². The van der Waals surface area contributed by atoms with Crippen LogP contribution in [-0.2, 0) is 0 Å². The minimum Gasteiger partial charge on any atom is -0.497 e. The van der Waals surface area contributed by atoms with Crippen molar-refractivity contribution in [2.45, 2.75) is 0 Å². The largest absolute Gasteiger partial charge is 0.497 e. The molecule has 0 aliphatic carbocycles. The van der Waals surface area contributed by atoms with Crippen molar-refractivity contribution in [2.75, 3.05) is 7.11 Å². The highest BCUT2D eigenvalue weighted by Crippen LogP contribution is 2.26. The number of nitrogens with zero attached hydrogens (tertiary/aromatic N) is 3. The van der Waals surface area contributed by atoms with Crippen LogP contribution in [0.1, 0.15) is 0 Å². The standard InChI is InChI=1S/C12H8FN3O3/c1-17-7-2-3-8(9(13)6-7)12-14-11(16-19-12)10-4-5-18-15-10/h2-6H,1H3. The van der Waals surface area contributed by atoms with Gasteiger partial charge in [-0.1, -0.05) is 10.3 Å². The third-order valence-electron chi connectivity index (χ3n) is 2.50. The van der Waals surface area contributed by atoms with Crippen LogP contribution < -0.4 is 4.74 Å². The molecule has 19 heavy (non-hydrogen) atoms. The van der Waals surface area contributed by atoms with Crippen LogP contribution in [0.15, 0.2) is 39.6 Å². The van der Waals surface area contributed by atoms with Crippen LogP contribution >= 0.6 is 0 Å². The van der Waals surface area contributed by atoms with Crippen molar-refractivity contribution in [2.24, 2.45) is 0 Å². The second-order valence-electron chi connectivity index (χ2n) is 3.65. The molecule has 2 aromatic heterocycles. The average Bonchev–Trinajstić information content (AvgIpc) is 3.09. The highest BCUT2D eigenvalue weighted by molar-refractivity contribution is 5.58. The Hall–Kier alpha value is -2.70. The minimum atomic E-state index is -0.505. The zero-order chi connectivity index (χ0) is 13.2. The van der Waals surface area contributed by atoms with Crippen molar-refractivity contribution in [3.63, 3.8) is 0 Å². The normalized spacial score (nSPS) is 10.6. The van der Waals surface area contributed by atoms with E-state index in [1.54, 1.807) is 12.1 Å². The summed E-state index contributed by atoms with van der Waals surface area (Å²) >= 11 is 0. The van der Waals surface area contributed by atoms with Crippen molar-refractivity contribution >= 4 is 0 Å². The van der Waals surface area contributed by atoms with E-state index in [2.05, 4.69) is 19.8 Å². The van der Waals surface area contributed by atoms with E-state index >= 15 is 0 Å². The highest BCUT2D eigenvalue weighted by atomic mass is 19.1. The molecule has 0 aliphatic heterocycles. The first kappa shape index (κ1) is 11.4. The van der Waals surface area contributed by atoms with Crippen molar-refractivity contribution in [3.05, 3.63) is 36.3 Å². The van der Waals surface area contributed by atoms with Gasteiger partial charge >= 0.3 is 0 Å². The minimum absolute atomic E-state index is 0.0677. The Morgan fingerprint density at radius 2 is 2.11 bits per heavy atom. The summed E-state index contributed by atoms with van der Waals surface area (Å²) in [5, 5.41) is 7.38. The zero-order valence-corrected chi connectivity index (χ0v) is 9.83. The van der Waals surface area contributed by atoms with Crippen molar-refractivity contribution in [3.8, 4) is 28.7 Å². The molecule has 0 saturated heterocycles. The molecule has 0 amide bonds. The molecule has 0 fully saturated rings. The SMILES string of the molecule is COc1ccc(-c2nc(-c3ccon3)no2)c(F)c1. The molecule has 3 rings (SSSR count). The van der Waals surface area contributed by atoms with Gasteiger partial charge in [-0.15, -0.1) is 0 Å². The fraction of sp³-hybridized carbons (Fsp3) is 0.0833. The van der Waals surface area contributed by atoms with E-state index in [0.29, 0.717) is 11.4 Å². The number of hydrogen-bond donors (Lipinski definition) is 0. The van der Waals surface area contributed by atoms with E-state index in [1.807, 2.05) is 0 Å². The molecule has 2 heterocycles. The summed E-state index contributed by atoms with van der Waals surface area (Å²) in [7, 11) is 1.46. The van der Waals surface area contributed by atoms with Crippen molar-refractivity contribution < 1.29 is 18.2 Å². The molecule has 3 aromatic rings. The molecule has 1 aromatic carbocycles. The monoisotopic (exact) mass is 261 g/mol. The van der Waals surface area contributed by atoms with Crippen LogP contribution in [0.4, 0.5) is 4.39 Å². The number of hydrogen-bond acceptors (Lipinski definition) is 6. The smallest absolute Gasteiger partial charge is 0.261 e. The highest BCUT2D eigenvalue weighted by Gasteiger charge is 2.16. The van der Waals surface area contributed by atoms with Gasteiger partial charge in [-0.05, 0) is 12.1 Å². The van der Waals surface area contributed by atoms with Gasteiger partial charge in [-0.2, -0.15) is 4.98 Å². The predicted molar refractivity (Wildman–Crippen MR) is 61.7 cm³/mol. The maximum Gasteiger partial charge on any atom is 0.261 e. The molecule has 0 atom stereocenters. The summed E-state index contributed by atoms with van der Waals surface area (Å²) in [5.74, 6) is 0.212. The topological polar surface area (TPSA) is 74.2 Å². The second-order valence-corrected chi connectivity index (χ2v) is 3.65. The second kappa shape index (κ2) is 4.52. The van der Waals surface area contributed by atoms with Crippen LogP contribution in [0.5, 0.6) is 5.75 Å². The fourth-order valence-corrected chi connectivity index (χ4v) is 1.56. The molecule has 0 saturated carbocycles. The molecule has 0 unspecified atom stereocenters. The molecule has 0 radical (unpaired) electrons. The number of ether oxygens (including phenoxy) is 1. The maximum absolute atomic E-state index is 13.8. The Labute approximate surface area is 106 Å². The summed E-state index contributed by atoms with van der Waals surface area (Å²) < 4.78 is 28.4. The van der Waals surface area contributed by atoms with E-state index in [4.69, 9.17) is 9.26 Å². The van der Waals surface area contributed by atoms with Gasteiger partial charge in [0.15, 0.2) is 5.69 Å². The first-order chi connectivity index (χ1) is 9.28. The third kappa shape index (κ3) is 2.05. The van der Waals surface area contributed by atoms with E-state index in [1.165, 1.54) is 25.5 Å². The zero-order valence-electron chi connectivity index (χ0n) is 9.83.